The molecule has 6 nitrogen and oxygen atoms in total. The smallest absolute Gasteiger partial charge is 0.311 e. The summed E-state index contributed by atoms with van der Waals surface area (Å²) in [6.07, 6.45) is 11.3. The Morgan fingerprint density at radius 1 is 1.10 bits per heavy atom. The van der Waals surface area contributed by atoms with Crippen molar-refractivity contribution >= 4 is 14.3 Å². The largest absolute Gasteiger partial charge is 0.497 e. The molecule has 1 aliphatic heterocycles. The molecular weight excluding hydrogens is 520 g/mol. The summed E-state index contributed by atoms with van der Waals surface area (Å²) in [6, 6.07) is 7.91. The molecule has 0 aromatic heterocycles. The molecule has 0 spiro atoms. The van der Waals surface area contributed by atoms with Gasteiger partial charge in [-0.2, -0.15) is 0 Å². The fraction of sp³-hybridized carbons (Fsp3) is 0.606. The van der Waals surface area contributed by atoms with Crippen LogP contribution in [0.3, 0.4) is 0 Å². The lowest BCUT2D eigenvalue weighted by Gasteiger charge is -2.40. The molecule has 2 rings (SSSR count). The second-order valence-corrected chi connectivity index (χ2v) is 17.9. The number of rotatable bonds is 13. The summed E-state index contributed by atoms with van der Waals surface area (Å²) in [7, 11) is -0.474. The standard InChI is InChI=1S/C33H52O6Si/c1-25-20-22-36-28(23-25)18-19-30(39-40(9,10)33(5,6)7)29(13-11-12-21-37-31(34)32(2,3)4)38-24-26-14-16-27(35-8)17-15-26/h11-12,14-20,28-30H,13,21-24H2,1-10H3/b12-11+,19-18+/t28-,29+,30+/m1/s1. The Kier molecular flexibility index (Phi) is 12.9. The van der Waals surface area contributed by atoms with Crippen molar-refractivity contribution in [2.24, 2.45) is 5.41 Å². The third-order valence-electron chi connectivity index (χ3n) is 7.47. The molecule has 0 saturated heterocycles. The molecule has 0 bridgehead atoms. The molecule has 0 radical (unpaired) electrons. The van der Waals surface area contributed by atoms with E-state index >= 15 is 0 Å². The highest BCUT2D eigenvalue weighted by Crippen LogP contribution is 2.38. The number of esters is 1. The van der Waals surface area contributed by atoms with Crippen LogP contribution in [0.2, 0.25) is 18.1 Å². The Labute approximate surface area is 243 Å². The predicted octanol–water partition coefficient (Wildman–Crippen LogP) is 7.80. The van der Waals surface area contributed by atoms with E-state index in [1.165, 1.54) is 5.57 Å². The molecule has 1 aliphatic rings. The highest BCUT2D eigenvalue weighted by atomic mass is 28.4. The maximum Gasteiger partial charge on any atom is 0.311 e. The molecule has 7 heteroatoms. The van der Waals surface area contributed by atoms with Gasteiger partial charge in [0.05, 0.1) is 44.1 Å². The van der Waals surface area contributed by atoms with Crippen LogP contribution in [0.1, 0.15) is 66.9 Å². The lowest BCUT2D eigenvalue weighted by atomic mass is 9.97. The monoisotopic (exact) mass is 572 g/mol. The van der Waals surface area contributed by atoms with E-state index in [9.17, 15) is 4.79 Å². The summed E-state index contributed by atoms with van der Waals surface area (Å²) in [6.45, 7) is 20.3. The number of carbonyl (C=O) groups excluding carboxylic acids is 1. The first-order valence-corrected chi connectivity index (χ1v) is 17.2. The van der Waals surface area contributed by atoms with Crippen molar-refractivity contribution in [2.45, 2.75) is 104 Å². The van der Waals surface area contributed by atoms with Crippen molar-refractivity contribution in [2.75, 3.05) is 20.3 Å². The Balaban J connectivity index is 2.28. The zero-order valence-corrected chi connectivity index (χ0v) is 27.4. The highest BCUT2D eigenvalue weighted by Gasteiger charge is 2.40. The first kappa shape index (κ1) is 34.0. The molecule has 0 N–H and O–H groups in total. The minimum atomic E-state index is -2.14. The van der Waals surface area contributed by atoms with Gasteiger partial charge in [0.25, 0.3) is 0 Å². The third-order valence-corrected chi connectivity index (χ3v) is 11.9. The molecule has 0 fully saturated rings. The molecule has 0 unspecified atom stereocenters. The lowest BCUT2D eigenvalue weighted by Crippen LogP contribution is -2.47. The highest BCUT2D eigenvalue weighted by molar-refractivity contribution is 6.74. The van der Waals surface area contributed by atoms with Gasteiger partial charge in [0.2, 0.25) is 0 Å². The average molecular weight is 573 g/mol. The van der Waals surface area contributed by atoms with Crippen LogP contribution in [0.15, 0.2) is 60.2 Å². The van der Waals surface area contributed by atoms with E-state index in [0.29, 0.717) is 19.6 Å². The third kappa shape index (κ3) is 11.4. The van der Waals surface area contributed by atoms with Gasteiger partial charge in [-0.15, -0.1) is 0 Å². The van der Waals surface area contributed by atoms with Crippen LogP contribution in [0.5, 0.6) is 5.75 Å². The summed E-state index contributed by atoms with van der Waals surface area (Å²) < 4.78 is 30.2. The summed E-state index contributed by atoms with van der Waals surface area (Å²) in [5.41, 5.74) is 1.86. The Hall–Kier alpha value is -2.19. The van der Waals surface area contributed by atoms with Crippen LogP contribution < -0.4 is 4.74 Å². The number of carbonyl (C=O) groups is 1. The van der Waals surface area contributed by atoms with E-state index in [4.69, 9.17) is 23.4 Å². The van der Waals surface area contributed by atoms with Crippen LogP contribution in [-0.4, -0.2) is 52.9 Å². The van der Waals surface area contributed by atoms with Gasteiger partial charge in [-0.1, -0.05) is 68.9 Å². The van der Waals surface area contributed by atoms with E-state index < -0.39 is 13.7 Å². The molecule has 1 aromatic carbocycles. The zero-order valence-electron chi connectivity index (χ0n) is 26.4. The van der Waals surface area contributed by atoms with Crippen LogP contribution in [0, 0.1) is 5.41 Å². The zero-order chi connectivity index (χ0) is 30.0. The quantitative estimate of drug-likeness (QED) is 0.137. The minimum Gasteiger partial charge on any atom is -0.497 e. The maximum atomic E-state index is 12.2. The van der Waals surface area contributed by atoms with Gasteiger partial charge in [0, 0.05) is 0 Å². The normalized spacial score (nSPS) is 18.6. The number of hydrogen-bond donors (Lipinski definition) is 0. The van der Waals surface area contributed by atoms with E-state index in [1.807, 2.05) is 57.2 Å². The van der Waals surface area contributed by atoms with Gasteiger partial charge >= 0.3 is 5.97 Å². The van der Waals surface area contributed by atoms with Crippen molar-refractivity contribution in [3.05, 3.63) is 65.8 Å². The molecular formula is C33H52O6Si. The van der Waals surface area contributed by atoms with Gasteiger partial charge in [0.1, 0.15) is 12.4 Å². The van der Waals surface area contributed by atoms with Crippen LogP contribution in [0.4, 0.5) is 0 Å². The van der Waals surface area contributed by atoms with Crippen molar-refractivity contribution in [3.63, 3.8) is 0 Å². The summed E-state index contributed by atoms with van der Waals surface area (Å²) in [4.78, 5) is 12.2. The summed E-state index contributed by atoms with van der Waals surface area (Å²) >= 11 is 0. The second-order valence-electron chi connectivity index (χ2n) is 13.1. The molecule has 224 valence electrons. The number of benzene rings is 1. The summed E-state index contributed by atoms with van der Waals surface area (Å²) in [5, 5.41) is 0.0390. The molecule has 0 saturated carbocycles. The van der Waals surface area contributed by atoms with Crippen LogP contribution in [-0.2, 0) is 30.0 Å². The van der Waals surface area contributed by atoms with Crippen molar-refractivity contribution in [1.82, 2.24) is 0 Å². The maximum absolute atomic E-state index is 12.2. The van der Waals surface area contributed by atoms with Crippen LogP contribution in [0.25, 0.3) is 0 Å². The Morgan fingerprint density at radius 3 is 2.35 bits per heavy atom. The predicted molar refractivity (Wildman–Crippen MR) is 165 cm³/mol. The number of ether oxygens (including phenoxy) is 4. The van der Waals surface area contributed by atoms with Gasteiger partial charge in [-0.05, 0) is 76.4 Å². The Morgan fingerprint density at radius 2 is 1.77 bits per heavy atom. The lowest BCUT2D eigenvalue weighted by molar-refractivity contribution is -0.151. The van der Waals surface area contributed by atoms with E-state index in [-0.39, 0.29) is 35.9 Å². The molecule has 0 amide bonds. The van der Waals surface area contributed by atoms with Gasteiger partial charge in [0.15, 0.2) is 8.32 Å². The van der Waals surface area contributed by atoms with Crippen molar-refractivity contribution in [3.8, 4) is 5.75 Å². The van der Waals surface area contributed by atoms with Crippen LogP contribution >= 0.6 is 0 Å². The fourth-order valence-electron chi connectivity index (χ4n) is 3.75. The molecule has 0 aliphatic carbocycles. The molecule has 1 heterocycles. The van der Waals surface area contributed by atoms with E-state index in [1.54, 1.807) is 7.11 Å². The first-order valence-electron chi connectivity index (χ1n) is 14.3. The van der Waals surface area contributed by atoms with Gasteiger partial charge < -0.3 is 23.4 Å². The second kappa shape index (κ2) is 15.2. The van der Waals surface area contributed by atoms with Gasteiger partial charge in [-0.3, -0.25) is 4.79 Å². The van der Waals surface area contributed by atoms with E-state index in [0.717, 1.165) is 17.7 Å². The van der Waals surface area contributed by atoms with Crippen molar-refractivity contribution in [1.29, 1.82) is 0 Å². The van der Waals surface area contributed by atoms with Crippen molar-refractivity contribution < 1.29 is 28.2 Å². The fourth-order valence-corrected chi connectivity index (χ4v) is 5.01. The number of hydrogen-bond acceptors (Lipinski definition) is 6. The molecule has 40 heavy (non-hydrogen) atoms. The average Bonchev–Trinajstić information content (AvgIpc) is 2.87. The van der Waals surface area contributed by atoms with Gasteiger partial charge in [-0.25, -0.2) is 0 Å². The minimum absolute atomic E-state index is 0.0186. The van der Waals surface area contributed by atoms with E-state index in [2.05, 4.69) is 59.0 Å². The molecule has 3 atom stereocenters. The molecule has 1 aromatic rings. The SMILES string of the molecule is COc1ccc(CO[C@@H](C/C=C/COC(=O)C(C)(C)C)[C@H](/C=C/[C@@H]2CC(C)=CCO2)O[Si](C)(C)C(C)(C)C)cc1. The topological polar surface area (TPSA) is 63.2 Å². The summed E-state index contributed by atoms with van der Waals surface area (Å²) in [5.74, 6) is 0.593. The first-order chi connectivity index (χ1) is 18.6. The number of methoxy groups -OCH3 is 1. The Bertz CT molecular complexity index is 1010.